The second-order valence-electron chi connectivity index (χ2n) is 8.42. The monoisotopic (exact) mass is 494 g/mol. The van der Waals surface area contributed by atoms with Crippen molar-refractivity contribution >= 4 is 21.8 Å². The first-order valence-corrected chi connectivity index (χ1v) is 12.5. The molecule has 1 aromatic carbocycles. The third-order valence-corrected chi connectivity index (χ3v) is 7.45. The van der Waals surface area contributed by atoms with Crippen LogP contribution in [0.1, 0.15) is 33.6 Å². The number of hydrogen-bond donors (Lipinski definition) is 0. The fraction of sp³-hybridized carbons (Fsp3) is 0.346. The minimum Gasteiger partial charge on any atom is -0.497 e. The molecule has 4 rings (SSSR count). The lowest BCUT2D eigenvalue weighted by atomic mass is 10.1. The number of benzene rings is 1. The van der Waals surface area contributed by atoms with Crippen LogP contribution in [0.4, 0.5) is 0 Å². The Morgan fingerprint density at radius 3 is 2.06 bits per heavy atom. The number of fused-ring (bicyclic) bond motifs is 1. The maximum Gasteiger partial charge on any atom is 0.200 e. The van der Waals surface area contributed by atoms with Crippen molar-refractivity contribution in [2.75, 3.05) is 21.3 Å². The van der Waals surface area contributed by atoms with Crippen LogP contribution in [0.15, 0.2) is 35.7 Å². The lowest BCUT2D eigenvalue weighted by Gasteiger charge is -2.15. The Bertz CT molecular complexity index is 1430. The third kappa shape index (κ3) is 4.60. The fourth-order valence-corrected chi connectivity index (χ4v) is 5.60. The quantitative estimate of drug-likeness (QED) is 0.358. The van der Waals surface area contributed by atoms with E-state index in [1.165, 1.54) is 0 Å². The van der Waals surface area contributed by atoms with E-state index in [1.807, 2.05) is 50.5 Å². The second-order valence-corrected chi connectivity index (χ2v) is 9.76. The van der Waals surface area contributed by atoms with Gasteiger partial charge in [-0.2, -0.15) is 0 Å². The number of hydrogen-bond acceptors (Lipinski definition) is 7. The number of rotatable bonds is 8. The van der Waals surface area contributed by atoms with E-state index in [9.17, 15) is 4.21 Å². The van der Waals surface area contributed by atoms with Crippen LogP contribution < -0.4 is 14.2 Å². The van der Waals surface area contributed by atoms with E-state index in [0.717, 1.165) is 45.0 Å². The van der Waals surface area contributed by atoms with Gasteiger partial charge in [0, 0.05) is 40.7 Å². The SMILES string of the molecule is COc1ccc2c(c1)nc([S@@](=O)Cc1ncc(C)c(OC)c1C)n2Cc1ncc(C)c(OC)c1C. The summed E-state index contributed by atoms with van der Waals surface area (Å²) in [6, 6.07) is 5.65. The molecule has 0 fully saturated rings. The highest BCUT2D eigenvalue weighted by atomic mass is 32.2. The van der Waals surface area contributed by atoms with Gasteiger partial charge in [0.25, 0.3) is 0 Å². The smallest absolute Gasteiger partial charge is 0.200 e. The zero-order valence-corrected chi connectivity index (χ0v) is 21.9. The lowest BCUT2D eigenvalue weighted by molar-refractivity contribution is 0.406. The summed E-state index contributed by atoms with van der Waals surface area (Å²) < 4.78 is 32.2. The van der Waals surface area contributed by atoms with Crippen molar-refractivity contribution in [2.45, 2.75) is 45.1 Å². The second kappa shape index (κ2) is 10.0. The average molecular weight is 495 g/mol. The Labute approximate surface area is 207 Å². The largest absolute Gasteiger partial charge is 0.497 e. The van der Waals surface area contributed by atoms with Crippen LogP contribution in [-0.2, 0) is 23.1 Å². The van der Waals surface area contributed by atoms with Crippen LogP contribution in [0.2, 0.25) is 0 Å². The number of aryl methyl sites for hydroxylation is 2. The first-order valence-electron chi connectivity index (χ1n) is 11.2. The number of aromatic nitrogens is 4. The van der Waals surface area contributed by atoms with Crippen LogP contribution in [0.25, 0.3) is 11.0 Å². The average Bonchev–Trinajstić information content (AvgIpc) is 3.21. The predicted octanol–water partition coefficient (Wildman–Crippen LogP) is 4.44. The Hall–Kier alpha value is -3.46. The molecular weight excluding hydrogens is 464 g/mol. The topological polar surface area (TPSA) is 88.4 Å². The molecule has 3 aromatic heterocycles. The molecule has 0 unspecified atom stereocenters. The normalized spacial score (nSPS) is 12.1. The maximum atomic E-state index is 13.7. The summed E-state index contributed by atoms with van der Waals surface area (Å²) in [6.45, 7) is 8.23. The molecule has 35 heavy (non-hydrogen) atoms. The van der Waals surface area contributed by atoms with E-state index in [0.29, 0.717) is 28.7 Å². The van der Waals surface area contributed by atoms with Gasteiger partial charge < -0.3 is 18.8 Å². The zero-order chi connectivity index (χ0) is 25.3. The maximum absolute atomic E-state index is 13.7. The Balaban J connectivity index is 1.81. The van der Waals surface area contributed by atoms with Gasteiger partial charge in [-0.05, 0) is 39.8 Å². The molecule has 0 radical (unpaired) electrons. The van der Waals surface area contributed by atoms with E-state index in [2.05, 4.69) is 9.97 Å². The van der Waals surface area contributed by atoms with Crippen LogP contribution in [0.3, 0.4) is 0 Å². The molecule has 0 aliphatic rings. The molecule has 184 valence electrons. The number of methoxy groups -OCH3 is 3. The first-order chi connectivity index (χ1) is 16.8. The molecule has 0 spiro atoms. The molecule has 4 aromatic rings. The summed E-state index contributed by atoms with van der Waals surface area (Å²) in [5.74, 6) is 2.46. The van der Waals surface area contributed by atoms with E-state index >= 15 is 0 Å². The number of imidazole rings is 1. The third-order valence-electron chi connectivity index (χ3n) is 6.20. The molecule has 3 heterocycles. The molecule has 1 atom stereocenters. The van der Waals surface area contributed by atoms with E-state index in [1.54, 1.807) is 33.7 Å². The van der Waals surface area contributed by atoms with Crippen molar-refractivity contribution in [2.24, 2.45) is 0 Å². The lowest BCUT2D eigenvalue weighted by Crippen LogP contribution is -2.12. The molecule has 9 heteroatoms. The minimum atomic E-state index is -1.47. The highest BCUT2D eigenvalue weighted by Crippen LogP contribution is 2.30. The van der Waals surface area contributed by atoms with Gasteiger partial charge in [0.05, 0.1) is 66.8 Å². The van der Waals surface area contributed by atoms with E-state index in [4.69, 9.17) is 19.2 Å². The molecular formula is C26H30N4O4S. The summed E-state index contributed by atoms with van der Waals surface area (Å²) in [4.78, 5) is 13.9. The van der Waals surface area contributed by atoms with Crippen LogP contribution >= 0.6 is 0 Å². The van der Waals surface area contributed by atoms with Crippen molar-refractivity contribution in [3.63, 3.8) is 0 Å². The van der Waals surface area contributed by atoms with Gasteiger partial charge in [-0.3, -0.25) is 14.2 Å². The first kappa shape index (κ1) is 24.7. The summed E-state index contributed by atoms with van der Waals surface area (Å²) in [7, 11) is 3.43. The van der Waals surface area contributed by atoms with Gasteiger partial charge in [0.2, 0.25) is 5.16 Å². The van der Waals surface area contributed by atoms with Crippen LogP contribution in [0, 0.1) is 27.7 Å². The Morgan fingerprint density at radius 2 is 1.46 bits per heavy atom. The summed E-state index contributed by atoms with van der Waals surface area (Å²) >= 11 is 0. The molecule has 0 bridgehead atoms. The van der Waals surface area contributed by atoms with Gasteiger partial charge in [0.15, 0.2) is 0 Å². The molecule has 0 saturated heterocycles. The zero-order valence-electron chi connectivity index (χ0n) is 21.1. The fourth-order valence-electron chi connectivity index (χ4n) is 4.33. The van der Waals surface area contributed by atoms with Gasteiger partial charge in [-0.1, -0.05) is 0 Å². The van der Waals surface area contributed by atoms with Crippen molar-refractivity contribution in [1.82, 2.24) is 19.5 Å². The Kier molecular flexibility index (Phi) is 7.07. The van der Waals surface area contributed by atoms with Crippen molar-refractivity contribution in [1.29, 1.82) is 0 Å². The van der Waals surface area contributed by atoms with Crippen LogP contribution in [-0.4, -0.2) is 45.1 Å². The van der Waals surface area contributed by atoms with Crippen molar-refractivity contribution in [3.8, 4) is 17.2 Å². The molecule has 8 nitrogen and oxygen atoms in total. The van der Waals surface area contributed by atoms with Gasteiger partial charge in [-0.15, -0.1) is 0 Å². The van der Waals surface area contributed by atoms with E-state index in [-0.39, 0.29) is 5.75 Å². The molecule has 0 aliphatic heterocycles. The highest BCUT2D eigenvalue weighted by Gasteiger charge is 2.22. The summed E-state index contributed by atoms with van der Waals surface area (Å²) in [5.41, 5.74) is 6.82. The molecule has 0 N–H and O–H groups in total. The van der Waals surface area contributed by atoms with Gasteiger partial charge in [-0.25, -0.2) is 4.98 Å². The van der Waals surface area contributed by atoms with Crippen LogP contribution in [0.5, 0.6) is 17.2 Å². The number of nitrogens with zero attached hydrogens (tertiary/aromatic N) is 4. The summed E-state index contributed by atoms with van der Waals surface area (Å²) in [5, 5.41) is 0.453. The van der Waals surface area contributed by atoms with Crippen molar-refractivity contribution < 1.29 is 18.4 Å². The standard InChI is InChI=1S/C26H30N4O4S/c1-15-11-27-21(17(3)24(15)33-6)13-30-23-9-8-19(32-5)10-20(23)29-26(30)35(31)14-22-18(4)25(34-7)16(2)12-28-22/h8-12H,13-14H2,1-7H3/t35-/m0/s1. The highest BCUT2D eigenvalue weighted by molar-refractivity contribution is 7.84. The minimum absolute atomic E-state index is 0.215. The molecule has 0 saturated carbocycles. The molecule has 0 aliphatic carbocycles. The number of ether oxygens (including phenoxy) is 3. The number of pyridine rings is 2. The predicted molar refractivity (Wildman–Crippen MR) is 136 cm³/mol. The van der Waals surface area contributed by atoms with Gasteiger partial charge >= 0.3 is 0 Å². The summed E-state index contributed by atoms with van der Waals surface area (Å²) in [6.07, 6.45) is 3.55. The van der Waals surface area contributed by atoms with Crippen molar-refractivity contribution in [3.05, 3.63) is 64.2 Å². The molecule has 0 amide bonds. The van der Waals surface area contributed by atoms with Gasteiger partial charge in [0.1, 0.15) is 17.2 Å². The van der Waals surface area contributed by atoms with E-state index < -0.39 is 10.8 Å². The Morgan fingerprint density at radius 1 is 0.857 bits per heavy atom.